The third-order valence-corrected chi connectivity index (χ3v) is 8.24. The first-order chi connectivity index (χ1) is 21.6. The number of carbonyl (C=O) groups is 4. The van der Waals surface area contributed by atoms with Gasteiger partial charge in [-0.25, -0.2) is 0 Å². The molecule has 1 fully saturated rings. The molecule has 1 saturated heterocycles. The predicted octanol–water partition coefficient (Wildman–Crippen LogP) is 3.65. The number of hydrogen-bond donors (Lipinski definition) is 2. The standard InChI is InChI=1S/C35H37N3O7/c1-24(10-9-15-31(41)36(18-19-39)22-26-11-5-3-6-12-26)35(44)29-20-28(38-32(42)21-33(38)45-25(2)40)16-17-30(29)37(34(35)43)23-27-13-7-4-8-14-27/h3-14,16-17,20,24,33,39,44H,15,18-19,21-23H2,1-2H3/b10-9+/t24-,33?,35+/m1/s1. The number of rotatable bonds is 12. The Morgan fingerprint density at radius 1 is 1.04 bits per heavy atom. The highest BCUT2D eigenvalue weighted by Crippen LogP contribution is 2.48. The molecule has 234 valence electrons. The number of aliphatic hydroxyl groups excluding tert-OH is 1. The average molecular weight is 612 g/mol. The van der Waals surface area contributed by atoms with E-state index in [1.165, 1.54) is 16.7 Å². The van der Waals surface area contributed by atoms with E-state index in [0.29, 0.717) is 23.5 Å². The Morgan fingerprint density at radius 2 is 1.71 bits per heavy atom. The monoisotopic (exact) mass is 611 g/mol. The zero-order valence-electron chi connectivity index (χ0n) is 25.3. The minimum atomic E-state index is -2.00. The summed E-state index contributed by atoms with van der Waals surface area (Å²) in [5, 5.41) is 21.7. The van der Waals surface area contributed by atoms with Gasteiger partial charge in [0.1, 0.15) is 0 Å². The van der Waals surface area contributed by atoms with Gasteiger partial charge in [-0.1, -0.05) is 79.7 Å². The number of fused-ring (bicyclic) bond motifs is 1. The van der Waals surface area contributed by atoms with E-state index in [1.807, 2.05) is 60.7 Å². The summed E-state index contributed by atoms with van der Waals surface area (Å²) in [4.78, 5) is 55.7. The average Bonchev–Trinajstić information content (AvgIpc) is 3.23. The second kappa shape index (κ2) is 13.5. The fourth-order valence-electron chi connectivity index (χ4n) is 5.85. The van der Waals surface area contributed by atoms with Crippen molar-refractivity contribution < 1.29 is 34.1 Å². The van der Waals surface area contributed by atoms with E-state index >= 15 is 0 Å². The van der Waals surface area contributed by atoms with Crippen LogP contribution in [-0.2, 0) is 42.6 Å². The third-order valence-electron chi connectivity index (χ3n) is 8.24. The van der Waals surface area contributed by atoms with Gasteiger partial charge in [0.2, 0.25) is 11.8 Å². The van der Waals surface area contributed by atoms with Gasteiger partial charge >= 0.3 is 5.97 Å². The van der Waals surface area contributed by atoms with Crippen molar-refractivity contribution in [2.45, 2.75) is 51.6 Å². The number of benzene rings is 3. The van der Waals surface area contributed by atoms with Crippen LogP contribution in [0.25, 0.3) is 0 Å². The van der Waals surface area contributed by atoms with Gasteiger partial charge in [0.05, 0.1) is 25.3 Å². The van der Waals surface area contributed by atoms with Gasteiger partial charge in [-0.3, -0.25) is 24.1 Å². The van der Waals surface area contributed by atoms with E-state index in [9.17, 15) is 29.4 Å². The zero-order valence-corrected chi connectivity index (χ0v) is 25.3. The van der Waals surface area contributed by atoms with Crippen LogP contribution in [0.3, 0.4) is 0 Å². The lowest BCUT2D eigenvalue weighted by atomic mass is 9.82. The molecule has 0 spiro atoms. The molecule has 10 heteroatoms. The Bertz CT molecular complexity index is 1590. The summed E-state index contributed by atoms with van der Waals surface area (Å²) in [7, 11) is 0. The largest absolute Gasteiger partial charge is 0.441 e. The fourth-order valence-corrected chi connectivity index (χ4v) is 5.85. The van der Waals surface area contributed by atoms with Crippen LogP contribution in [0, 0.1) is 5.92 Å². The molecule has 1 unspecified atom stereocenters. The SMILES string of the molecule is CC(=O)OC1CC(=O)N1c1ccc2c(c1)[C@@](O)([C@H](C)/C=C/CC(=O)N(CCO)Cc1ccccc1)C(=O)N2Cc1ccccc1. The molecule has 2 heterocycles. The Kier molecular flexibility index (Phi) is 9.45. The van der Waals surface area contributed by atoms with Crippen molar-refractivity contribution >= 4 is 35.1 Å². The van der Waals surface area contributed by atoms with E-state index < -0.39 is 29.6 Å². The van der Waals surface area contributed by atoms with Gasteiger partial charge in [0.15, 0.2) is 11.8 Å². The number of nitrogens with zero attached hydrogens (tertiary/aromatic N) is 3. The normalized spacial score (nSPS) is 19.8. The highest BCUT2D eigenvalue weighted by molar-refractivity contribution is 6.08. The number of anilines is 2. The van der Waals surface area contributed by atoms with E-state index in [-0.39, 0.29) is 44.4 Å². The third kappa shape index (κ3) is 6.52. The van der Waals surface area contributed by atoms with Crippen molar-refractivity contribution in [2.24, 2.45) is 5.92 Å². The number of hydrogen-bond acceptors (Lipinski definition) is 7. The molecule has 0 radical (unpaired) electrons. The van der Waals surface area contributed by atoms with Crippen LogP contribution >= 0.6 is 0 Å². The van der Waals surface area contributed by atoms with Gasteiger partial charge in [-0.2, -0.15) is 0 Å². The predicted molar refractivity (Wildman–Crippen MR) is 167 cm³/mol. The number of esters is 1. The molecule has 2 N–H and O–H groups in total. The molecule has 3 amide bonds. The summed E-state index contributed by atoms with van der Waals surface area (Å²) in [6, 6.07) is 23.9. The highest BCUT2D eigenvalue weighted by atomic mass is 16.6. The Morgan fingerprint density at radius 3 is 2.33 bits per heavy atom. The molecule has 0 aliphatic carbocycles. The minimum absolute atomic E-state index is 0.00835. The van der Waals surface area contributed by atoms with Gasteiger partial charge < -0.3 is 24.7 Å². The lowest BCUT2D eigenvalue weighted by Gasteiger charge is -2.39. The van der Waals surface area contributed by atoms with Crippen molar-refractivity contribution in [2.75, 3.05) is 23.0 Å². The Balaban J connectivity index is 1.41. The maximum atomic E-state index is 14.1. The van der Waals surface area contributed by atoms with Gasteiger partial charge in [-0.15, -0.1) is 0 Å². The van der Waals surface area contributed by atoms with Crippen molar-refractivity contribution in [3.05, 3.63) is 108 Å². The molecule has 10 nitrogen and oxygen atoms in total. The van der Waals surface area contributed by atoms with Crippen LogP contribution in [0.5, 0.6) is 0 Å². The summed E-state index contributed by atoms with van der Waals surface area (Å²) in [6.45, 7) is 3.53. The number of amides is 3. The molecule has 0 bridgehead atoms. The van der Waals surface area contributed by atoms with Crippen molar-refractivity contribution in [1.29, 1.82) is 0 Å². The Labute approximate surface area is 262 Å². The number of carbonyl (C=O) groups excluding carboxylic acids is 4. The van der Waals surface area contributed by atoms with E-state index in [2.05, 4.69) is 0 Å². The molecular weight excluding hydrogens is 574 g/mol. The highest BCUT2D eigenvalue weighted by Gasteiger charge is 2.53. The van der Waals surface area contributed by atoms with Crippen LogP contribution in [0.1, 0.15) is 43.4 Å². The second-order valence-electron chi connectivity index (χ2n) is 11.3. The smallest absolute Gasteiger partial charge is 0.304 e. The van der Waals surface area contributed by atoms with Crippen LogP contribution < -0.4 is 9.80 Å². The lowest BCUT2D eigenvalue weighted by Crippen LogP contribution is -2.55. The summed E-state index contributed by atoms with van der Waals surface area (Å²) >= 11 is 0. The molecule has 45 heavy (non-hydrogen) atoms. The fraction of sp³-hybridized carbons (Fsp3) is 0.314. The lowest BCUT2D eigenvalue weighted by molar-refractivity contribution is -0.154. The molecule has 2 aliphatic heterocycles. The van der Waals surface area contributed by atoms with Crippen LogP contribution in [0.2, 0.25) is 0 Å². The molecule has 2 aliphatic rings. The number of ether oxygens (including phenoxy) is 1. The second-order valence-corrected chi connectivity index (χ2v) is 11.3. The molecular formula is C35H37N3O7. The Hall–Kier alpha value is -4.80. The maximum Gasteiger partial charge on any atom is 0.304 e. The molecule has 3 atom stereocenters. The zero-order chi connectivity index (χ0) is 32.1. The first-order valence-electron chi connectivity index (χ1n) is 14.9. The quantitative estimate of drug-likeness (QED) is 0.182. The number of aliphatic hydroxyl groups is 2. The van der Waals surface area contributed by atoms with Gasteiger partial charge in [-0.05, 0) is 29.3 Å². The maximum absolute atomic E-state index is 14.1. The molecule has 0 saturated carbocycles. The molecule has 5 rings (SSSR count). The minimum Gasteiger partial charge on any atom is -0.441 e. The van der Waals surface area contributed by atoms with Gasteiger partial charge in [0.25, 0.3) is 5.91 Å². The first kappa shape index (κ1) is 31.6. The first-order valence-corrected chi connectivity index (χ1v) is 14.9. The summed E-state index contributed by atoms with van der Waals surface area (Å²) in [5.74, 6) is -2.26. The van der Waals surface area contributed by atoms with Crippen molar-refractivity contribution in [3.8, 4) is 0 Å². The molecule has 0 aromatic heterocycles. The number of β-lactam (4-membered cyclic amide) rings is 1. The summed E-state index contributed by atoms with van der Waals surface area (Å²) in [5.41, 5.74) is 1.02. The van der Waals surface area contributed by atoms with Crippen molar-refractivity contribution in [1.82, 2.24) is 4.90 Å². The summed E-state index contributed by atoms with van der Waals surface area (Å²) in [6.07, 6.45) is 2.57. The van der Waals surface area contributed by atoms with Crippen LogP contribution in [-0.4, -0.2) is 58.2 Å². The van der Waals surface area contributed by atoms with E-state index in [0.717, 1.165) is 11.1 Å². The van der Waals surface area contributed by atoms with Crippen LogP contribution in [0.15, 0.2) is 91.0 Å². The van der Waals surface area contributed by atoms with Crippen molar-refractivity contribution in [3.63, 3.8) is 0 Å². The van der Waals surface area contributed by atoms with Crippen LogP contribution in [0.4, 0.5) is 11.4 Å². The van der Waals surface area contributed by atoms with E-state index in [1.54, 1.807) is 42.2 Å². The van der Waals surface area contributed by atoms with E-state index in [4.69, 9.17) is 4.74 Å². The molecule has 3 aromatic carbocycles. The topological polar surface area (TPSA) is 128 Å². The van der Waals surface area contributed by atoms with Gasteiger partial charge in [0, 0.05) is 43.6 Å². The summed E-state index contributed by atoms with van der Waals surface area (Å²) < 4.78 is 5.28. The molecule has 3 aromatic rings.